The molecule has 23 heavy (non-hydrogen) atoms. The van der Waals surface area contributed by atoms with Crippen molar-refractivity contribution in [3.8, 4) is 0 Å². The van der Waals surface area contributed by atoms with E-state index in [0.717, 1.165) is 11.0 Å². The normalized spacial score (nSPS) is 8.96. The van der Waals surface area contributed by atoms with Crippen LogP contribution in [0, 0.1) is 0 Å². The lowest BCUT2D eigenvalue weighted by atomic mass is 10.2. The summed E-state index contributed by atoms with van der Waals surface area (Å²) in [7, 11) is 3.51. The van der Waals surface area contributed by atoms with Crippen molar-refractivity contribution < 1.29 is 4.79 Å². The van der Waals surface area contributed by atoms with Crippen molar-refractivity contribution in [2.75, 3.05) is 12.8 Å². The molecule has 0 bridgehead atoms. The summed E-state index contributed by atoms with van der Waals surface area (Å²) in [5.41, 5.74) is 16.8. The maximum atomic E-state index is 9.22. The van der Waals surface area contributed by atoms with E-state index in [0.29, 0.717) is 5.82 Å². The zero-order valence-corrected chi connectivity index (χ0v) is 14.5. The molecule has 3 aromatic rings. The summed E-state index contributed by atoms with van der Waals surface area (Å²) in [5, 5.41) is 2.38. The molecule has 6 heteroatoms. The van der Waals surface area contributed by atoms with Crippen molar-refractivity contribution in [2.24, 2.45) is 18.5 Å². The van der Waals surface area contributed by atoms with Crippen LogP contribution in [0.2, 0.25) is 0 Å². The minimum Gasteiger partial charge on any atom is -0.384 e. The Labute approximate surface area is 137 Å². The number of aryl methyl sites for hydroxylation is 1. The van der Waals surface area contributed by atoms with Gasteiger partial charge in [0.25, 0.3) is 0 Å². The number of fused-ring (bicyclic) bond motifs is 3. The Bertz CT molecular complexity index is 745. The van der Waals surface area contributed by atoms with Gasteiger partial charge in [-0.3, -0.25) is 4.79 Å². The number of aromatic nitrogens is 2. The fraction of sp³-hybridized carbons (Fsp3) is 0.294. The van der Waals surface area contributed by atoms with Gasteiger partial charge in [0.1, 0.15) is 11.5 Å². The van der Waals surface area contributed by atoms with Gasteiger partial charge < -0.3 is 21.8 Å². The van der Waals surface area contributed by atoms with E-state index < -0.39 is 0 Å². The predicted octanol–water partition coefficient (Wildman–Crippen LogP) is 2.40. The first kappa shape index (κ1) is 20.4. The molecule has 0 atom stereocenters. The molecular weight excluding hydrogens is 290 g/mol. The zero-order valence-electron chi connectivity index (χ0n) is 14.5. The van der Waals surface area contributed by atoms with Crippen LogP contribution in [-0.4, -0.2) is 22.5 Å². The number of para-hydroxylation sites is 1. The average molecular weight is 317 g/mol. The minimum atomic E-state index is -0.333. The van der Waals surface area contributed by atoms with E-state index in [1.807, 2.05) is 45.2 Å². The first-order valence-corrected chi connectivity index (χ1v) is 7.44. The van der Waals surface area contributed by atoms with Crippen molar-refractivity contribution >= 4 is 33.7 Å². The third-order valence-corrected chi connectivity index (χ3v) is 2.77. The third kappa shape index (κ3) is 5.27. The summed E-state index contributed by atoms with van der Waals surface area (Å²) >= 11 is 0. The Balaban J connectivity index is 0.000000523. The molecule has 1 amide bonds. The molecule has 0 unspecified atom stereocenters. The number of amides is 1. The van der Waals surface area contributed by atoms with Crippen LogP contribution in [0.25, 0.3) is 21.9 Å². The van der Waals surface area contributed by atoms with Gasteiger partial charge in [0.15, 0.2) is 0 Å². The Morgan fingerprint density at radius 1 is 1.04 bits per heavy atom. The van der Waals surface area contributed by atoms with E-state index in [1.54, 1.807) is 0 Å². The van der Waals surface area contributed by atoms with Crippen molar-refractivity contribution in [1.82, 2.24) is 9.55 Å². The SMILES string of the molecule is CC.CC(N)=O.CN.Cn1c2ccccc2c2ccc(N)nc21. The van der Waals surface area contributed by atoms with Crippen molar-refractivity contribution in [1.29, 1.82) is 0 Å². The molecule has 0 aliphatic carbocycles. The molecule has 2 aromatic heterocycles. The molecule has 0 saturated carbocycles. The molecule has 6 nitrogen and oxygen atoms in total. The number of nitrogens with zero attached hydrogens (tertiary/aromatic N) is 2. The van der Waals surface area contributed by atoms with Crippen LogP contribution in [0.1, 0.15) is 20.8 Å². The Morgan fingerprint density at radius 3 is 2.13 bits per heavy atom. The highest BCUT2D eigenvalue weighted by molar-refractivity contribution is 6.06. The minimum absolute atomic E-state index is 0.333. The lowest BCUT2D eigenvalue weighted by molar-refractivity contribution is -0.115. The topological polar surface area (TPSA) is 113 Å². The van der Waals surface area contributed by atoms with E-state index in [2.05, 4.69) is 33.2 Å². The number of hydrogen-bond donors (Lipinski definition) is 3. The number of nitrogen functional groups attached to an aromatic ring is 1. The Hall–Kier alpha value is -2.60. The molecule has 0 radical (unpaired) electrons. The van der Waals surface area contributed by atoms with Crippen LogP contribution in [0.4, 0.5) is 5.82 Å². The summed E-state index contributed by atoms with van der Waals surface area (Å²) in [6.45, 7) is 5.31. The van der Waals surface area contributed by atoms with Gasteiger partial charge in [0.05, 0.1) is 5.52 Å². The number of nitrogens with two attached hydrogens (primary N) is 3. The van der Waals surface area contributed by atoms with E-state index in [9.17, 15) is 4.79 Å². The fourth-order valence-corrected chi connectivity index (χ4v) is 2.04. The van der Waals surface area contributed by atoms with Gasteiger partial charge in [-0.1, -0.05) is 32.0 Å². The van der Waals surface area contributed by atoms with E-state index >= 15 is 0 Å². The molecular formula is C17H27N5O. The Kier molecular flexibility index (Phi) is 9.03. The number of primary amides is 1. The molecule has 0 aliphatic rings. The van der Waals surface area contributed by atoms with Crippen molar-refractivity contribution in [3.63, 3.8) is 0 Å². The number of pyridine rings is 1. The molecule has 0 aliphatic heterocycles. The fourth-order valence-electron chi connectivity index (χ4n) is 2.04. The molecule has 126 valence electrons. The molecule has 0 spiro atoms. The van der Waals surface area contributed by atoms with Crippen LogP contribution in [-0.2, 0) is 11.8 Å². The largest absolute Gasteiger partial charge is 0.384 e. The highest BCUT2D eigenvalue weighted by Crippen LogP contribution is 2.26. The summed E-state index contributed by atoms with van der Waals surface area (Å²) < 4.78 is 2.07. The maximum Gasteiger partial charge on any atom is 0.214 e. The number of carbonyl (C=O) groups is 1. The number of hydrogen-bond acceptors (Lipinski definition) is 4. The second-order valence-corrected chi connectivity index (χ2v) is 4.29. The molecule has 2 heterocycles. The van der Waals surface area contributed by atoms with Gasteiger partial charge in [-0.15, -0.1) is 0 Å². The standard InChI is InChI=1S/C12H11N3.C2H5NO.C2H6.CH5N/c1-15-10-5-3-2-4-8(10)9-6-7-11(13)14-12(9)15;1-2(3)4;2*1-2/h2-7H,1H3,(H2,13,14);1H3,(H2,3,4);1-2H3;2H2,1H3. The van der Waals surface area contributed by atoms with Gasteiger partial charge in [0, 0.05) is 24.7 Å². The smallest absolute Gasteiger partial charge is 0.214 e. The monoisotopic (exact) mass is 317 g/mol. The average Bonchev–Trinajstić information content (AvgIpc) is 2.84. The molecule has 3 rings (SSSR count). The molecule has 1 aromatic carbocycles. The third-order valence-electron chi connectivity index (χ3n) is 2.77. The number of rotatable bonds is 0. The summed E-state index contributed by atoms with van der Waals surface area (Å²) in [4.78, 5) is 13.6. The quantitative estimate of drug-likeness (QED) is 0.590. The Morgan fingerprint density at radius 2 is 1.57 bits per heavy atom. The lowest BCUT2D eigenvalue weighted by Crippen LogP contribution is -2.01. The van der Waals surface area contributed by atoms with Gasteiger partial charge in [-0.05, 0) is 25.2 Å². The summed E-state index contributed by atoms with van der Waals surface area (Å²) in [6.07, 6.45) is 0. The maximum absolute atomic E-state index is 9.22. The van der Waals surface area contributed by atoms with E-state index in [1.165, 1.54) is 24.9 Å². The van der Waals surface area contributed by atoms with Crippen LogP contribution in [0.5, 0.6) is 0 Å². The van der Waals surface area contributed by atoms with Crippen molar-refractivity contribution in [2.45, 2.75) is 20.8 Å². The van der Waals surface area contributed by atoms with E-state index in [-0.39, 0.29) is 5.91 Å². The van der Waals surface area contributed by atoms with Crippen LogP contribution in [0.15, 0.2) is 36.4 Å². The van der Waals surface area contributed by atoms with Crippen LogP contribution < -0.4 is 17.2 Å². The van der Waals surface area contributed by atoms with Gasteiger partial charge in [-0.25, -0.2) is 4.98 Å². The van der Waals surface area contributed by atoms with Gasteiger partial charge in [-0.2, -0.15) is 0 Å². The molecule has 0 saturated heterocycles. The number of anilines is 1. The van der Waals surface area contributed by atoms with E-state index in [4.69, 9.17) is 5.73 Å². The van der Waals surface area contributed by atoms with Crippen LogP contribution >= 0.6 is 0 Å². The predicted molar refractivity (Wildman–Crippen MR) is 99.0 cm³/mol. The molecule has 0 fully saturated rings. The van der Waals surface area contributed by atoms with Gasteiger partial charge in [0.2, 0.25) is 5.91 Å². The first-order valence-electron chi connectivity index (χ1n) is 7.44. The second-order valence-electron chi connectivity index (χ2n) is 4.29. The summed E-state index contributed by atoms with van der Waals surface area (Å²) in [5.74, 6) is 0.230. The van der Waals surface area contributed by atoms with Gasteiger partial charge >= 0.3 is 0 Å². The summed E-state index contributed by atoms with van der Waals surface area (Å²) in [6, 6.07) is 12.1. The van der Waals surface area contributed by atoms with Crippen molar-refractivity contribution in [3.05, 3.63) is 36.4 Å². The second kappa shape index (κ2) is 10.2. The molecule has 6 N–H and O–H groups in total. The first-order chi connectivity index (χ1) is 11.0. The van der Waals surface area contributed by atoms with Crippen LogP contribution in [0.3, 0.4) is 0 Å². The lowest BCUT2D eigenvalue weighted by Gasteiger charge is -1.96. The number of benzene rings is 1. The number of carbonyl (C=O) groups excluding carboxylic acids is 1. The highest BCUT2D eigenvalue weighted by Gasteiger charge is 2.07. The highest BCUT2D eigenvalue weighted by atomic mass is 16.1. The zero-order chi connectivity index (χ0) is 18.0.